The van der Waals surface area contributed by atoms with Crippen molar-refractivity contribution in [1.29, 1.82) is 0 Å². The first-order chi connectivity index (χ1) is 12.7. The van der Waals surface area contributed by atoms with Crippen LogP contribution in [0.15, 0.2) is 41.5 Å². The molecule has 26 heavy (non-hydrogen) atoms. The van der Waals surface area contributed by atoms with E-state index >= 15 is 0 Å². The summed E-state index contributed by atoms with van der Waals surface area (Å²) in [5.74, 6) is 1.09. The molecule has 4 heteroatoms. The summed E-state index contributed by atoms with van der Waals surface area (Å²) in [6.45, 7) is 2.63. The maximum absolute atomic E-state index is 13.1. The van der Waals surface area contributed by atoms with Crippen LogP contribution >= 0.6 is 0 Å². The second kappa shape index (κ2) is 7.50. The molecule has 0 amide bonds. The normalized spacial score (nSPS) is 21.6. The van der Waals surface area contributed by atoms with Crippen molar-refractivity contribution >= 4 is 17.8 Å². The summed E-state index contributed by atoms with van der Waals surface area (Å²) in [6.07, 6.45) is 8.31. The summed E-state index contributed by atoms with van der Waals surface area (Å²) in [5.41, 5.74) is 4.05. The number of rotatable bonds is 5. The first-order valence-corrected chi connectivity index (χ1v) is 9.43. The van der Waals surface area contributed by atoms with Gasteiger partial charge in [0, 0.05) is 35.9 Å². The summed E-state index contributed by atoms with van der Waals surface area (Å²) in [4.78, 5) is 21.8. The molecule has 0 radical (unpaired) electrons. The highest BCUT2D eigenvalue weighted by molar-refractivity contribution is 6.02. The van der Waals surface area contributed by atoms with Gasteiger partial charge in [-0.3, -0.25) is 4.79 Å². The van der Waals surface area contributed by atoms with E-state index < -0.39 is 0 Å². The molecule has 134 valence electrons. The lowest BCUT2D eigenvalue weighted by Gasteiger charge is -2.28. The van der Waals surface area contributed by atoms with Crippen LogP contribution in [0.3, 0.4) is 0 Å². The van der Waals surface area contributed by atoms with Crippen LogP contribution in [0.25, 0.3) is 0 Å². The van der Waals surface area contributed by atoms with Crippen LogP contribution in [0, 0.1) is 12.8 Å². The lowest BCUT2D eigenvalue weighted by atomic mass is 9.80. The quantitative estimate of drug-likeness (QED) is 0.742. The largest absolute Gasteiger partial charge is 0.374 e. The van der Waals surface area contributed by atoms with Crippen molar-refractivity contribution in [2.75, 3.05) is 0 Å². The zero-order chi connectivity index (χ0) is 17.9. The highest BCUT2D eigenvalue weighted by atomic mass is 16.5. The lowest BCUT2D eigenvalue weighted by molar-refractivity contribution is 0.00821. The maximum atomic E-state index is 13.1. The van der Waals surface area contributed by atoms with Gasteiger partial charge in [-0.2, -0.15) is 0 Å². The predicted octanol–water partition coefficient (Wildman–Crippen LogP) is 4.61. The third kappa shape index (κ3) is 3.47. The average molecular weight is 348 g/mol. The fourth-order valence-corrected chi connectivity index (χ4v) is 4.01. The minimum absolute atomic E-state index is 0.0948. The maximum Gasteiger partial charge on any atom is 0.166 e. The van der Waals surface area contributed by atoms with Crippen molar-refractivity contribution < 1.29 is 9.53 Å². The third-order valence-corrected chi connectivity index (χ3v) is 5.48. The zero-order valence-electron chi connectivity index (χ0n) is 15.1. The first kappa shape index (κ1) is 17.1. The number of hydrogen-bond donors (Lipinski definition) is 0. The highest BCUT2D eigenvalue weighted by Crippen LogP contribution is 2.34. The fraction of sp³-hybridized carbons (Fsp3) is 0.409. The molecule has 4 nitrogen and oxygen atoms in total. The van der Waals surface area contributed by atoms with Gasteiger partial charge in [-0.25, -0.2) is 9.98 Å². The van der Waals surface area contributed by atoms with Crippen LogP contribution in [-0.2, 0) is 17.8 Å². The van der Waals surface area contributed by atoms with Gasteiger partial charge in [0.1, 0.15) is 0 Å². The van der Waals surface area contributed by atoms with Gasteiger partial charge < -0.3 is 4.74 Å². The number of carbonyl (C=O) groups is 1. The van der Waals surface area contributed by atoms with Gasteiger partial charge in [0.2, 0.25) is 0 Å². The van der Waals surface area contributed by atoms with E-state index in [1.54, 1.807) is 6.20 Å². The number of fused-ring (bicyclic) bond motifs is 1. The first-order valence-electron chi connectivity index (χ1n) is 9.43. The van der Waals surface area contributed by atoms with Crippen LogP contribution in [-0.4, -0.2) is 23.1 Å². The van der Waals surface area contributed by atoms with Gasteiger partial charge in [0.15, 0.2) is 11.6 Å². The van der Waals surface area contributed by atoms with Crippen LogP contribution in [0.1, 0.15) is 52.7 Å². The number of pyridine rings is 1. The number of hydrogen-bond acceptors (Lipinski definition) is 4. The minimum atomic E-state index is 0.0948. The number of ether oxygens (including phenoxy) is 1. The molecule has 0 atom stereocenters. The number of aryl methyl sites for hydroxylation is 1. The molecule has 0 bridgehead atoms. The molecule has 4 rings (SSSR count). The third-order valence-electron chi connectivity index (χ3n) is 5.48. The molecule has 1 aliphatic heterocycles. The average Bonchev–Trinajstić information content (AvgIpc) is 3.16. The number of Topliss-reactive ketones (excluding diaryl/α,β-unsaturated/α-hetero) is 1. The Morgan fingerprint density at radius 2 is 1.92 bits per heavy atom. The Hall–Kier alpha value is -2.33. The fourth-order valence-electron chi connectivity index (χ4n) is 4.01. The molecule has 0 unspecified atom stereocenters. The number of ketones is 1. The van der Waals surface area contributed by atoms with E-state index in [1.807, 2.05) is 31.3 Å². The summed E-state index contributed by atoms with van der Waals surface area (Å²) in [6, 6.07) is 10.3. The van der Waals surface area contributed by atoms with E-state index in [9.17, 15) is 4.79 Å². The molecule has 1 aromatic carbocycles. The Kier molecular flexibility index (Phi) is 4.93. The summed E-state index contributed by atoms with van der Waals surface area (Å²) in [5, 5.41) is 0. The molecule has 0 spiro atoms. The van der Waals surface area contributed by atoms with E-state index in [-0.39, 0.29) is 17.8 Å². The second-order valence-corrected chi connectivity index (χ2v) is 7.27. The summed E-state index contributed by atoms with van der Waals surface area (Å²) in [7, 11) is 0. The van der Waals surface area contributed by atoms with Gasteiger partial charge in [-0.1, -0.05) is 30.3 Å². The summed E-state index contributed by atoms with van der Waals surface area (Å²) < 4.78 is 6.06. The molecule has 0 N–H and O–H groups in total. The van der Waals surface area contributed by atoms with Crippen molar-refractivity contribution in [1.82, 2.24) is 4.98 Å². The van der Waals surface area contributed by atoms with Crippen molar-refractivity contribution in [3.05, 3.63) is 58.8 Å². The van der Waals surface area contributed by atoms with Gasteiger partial charge in [0.05, 0.1) is 12.7 Å². The Labute approximate surface area is 154 Å². The van der Waals surface area contributed by atoms with E-state index in [0.717, 1.165) is 54.6 Å². The number of aliphatic imine (C=N–C) groups is 1. The molecule has 1 saturated carbocycles. The smallest absolute Gasteiger partial charge is 0.166 e. The molecule has 1 aliphatic carbocycles. The predicted molar refractivity (Wildman–Crippen MR) is 102 cm³/mol. The Bertz CT molecular complexity index is 822. The van der Waals surface area contributed by atoms with E-state index in [1.165, 1.54) is 5.56 Å². The van der Waals surface area contributed by atoms with E-state index in [2.05, 4.69) is 22.1 Å². The molecule has 1 aromatic heterocycles. The molecule has 0 saturated heterocycles. The van der Waals surface area contributed by atoms with Crippen molar-refractivity contribution in [3.8, 4) is 0 Å². The van der Waals surface area contributed by atoms with Crippen molar-refractivity contribution in [2.24, 2.45) is 10.9 Å². The zero-order valence-corrected chi connectivity index (χ0v) is 15.1. The topological polar surface area (TPSA) is 51.5 Å². The number of aromatic nitrogens is 1. The van der Waals surface area contributed by atoms with E-state index in [4.69, 9.17) is 4.74 Å². The second-order valence-electron chi connectivity index (χ2n) is 7.27. The van der Waals surface area contributed by atoms with Crippen LogP contribution in [0.2, 0.25) is 0 Å². The monoisotopic (exact) mass is 348 g/mol. The van der Waals surface area contributed by atoms with Crippen LogP contribution in [0.4, 0.5) is 5.82 Å². The standard InChI is InChI=1S/C22H24N2O2/c1-15-13-24-22-19(11-12-23-22)20(15)21(25)17-7-9-18(10-8-17)26-14-16-5-3-2-4-6-16/h2-6,12-13,17-18H,7-11,14H2,1H3. The molecular weight excluding hydrogens is 324 g/mol. The molecule has 2 heterocycles. The SMILES string of the molecule is Cc1cnc2c(c1C(=O)C1CCC(OCc3ccccc3)CC1)CC=N2. The van der Waals surface area contributed by atoms with Crippen LogP contribution in [0.5, 0.6) is 0 Å². The minimum Gasteiger partial charge on any atom is -0.374 e. The van der Waals surface area contributed by atoms with Crippen molar-refractivity contribution in [3.63, 3.8) is 0 Å². The van der Waals surface area contributed by atoms with Gasteiger partial charge in [0.25, 0.3) is 0 Å². The number of benzene rings is 1. The molecule has 2 aromatic rings. The van der Waals surface area contributed by atoms with Crippen molar-refractivity contribution in [2.45, 2.75) is 51.7 Å². The number of nitrogens with zero attached hydrogens (tertiary/aromatic N) is 2. The Morgan fingerprint density at radius 1 is 1.15 bits per heavy atom. The molecule has 2 aliphatic rings. The van der Waals surface area contributed by atoms with Gasteiger partial charge >= 0.3 is 0 Å². The Morgan fingerprint density at radius 3 is 2.69 bits per heavy atom. The summed E-state index contributed by atoms with van der Waals surface area (Å²) >= 11 is 0. The number of carbonyl (C=O) groups excluding carboxylic acids is 1. The van der Waals surface area contributed by atoms with Gasteiger partial charge in [-0.15, -0.1) is 0 Å². The van der Waals surface area contributed by atoms with E-state index in [0.29, 0.717) is 6.61 Å². The van der Waals surface area contributed by atoms with Gasteiger partial charge in [-0.05, 0) is 43.7 Å². The van der Waals surface area contributed by atoms with Crippen LogP contribution < -0.4 is 0 Å². The molecule has 1 fully saturated rings. The molecular formula is C22H24N2O2. The Balaban J connectivity index is 1.37. The lowest BCUT2D eigenvalue weighted by Crippen LogP contribution is -2.27. The highest BCUT2D eigenvalue weighted by Gasteiger charge is 2.30.